The van der Waals surface area contributed by atoms with Gasteiger partial charge in [0.05, 0.1) is 0 Å². The van der Waals surface area contributed by atoms with E-state index in [2.05, 4.69) is 17.2 Å². The highest BCUT2D eigenvalue weighted by atomic mass is 16.2. The molecule has 1 amide bonds. The Bertz CT molecular complexity index is 419. The zero-order valence-corrected chi connectivity index (χ0v) is 11.1. The highest BCUT2D eigenvalue weighted by Gasteiger charge is 2.26. The Balaban J connectivity index is 2.03. The van der Waals surface area contributed by atoms with Crippen molar-refractivity contribution < 1.29 is 4.79 Å². The van der Waals surface area contributed by atoms with Gasteiger partial charge in [-0.25, -0.2) is 0 Å². The van der Waals surface area contributed by atoms with Crippen LogP contribution in [0.4, 0.5) is 5.69 Å². The van der Waals surface area contributed by atoms with Gasteiger partial charge < -0.3 is 10.2 Å². The van der Waals surface area contributed by atoms with Gasteiger partial charge in [-0.3, -0.25) is 9.78 Å². The predicted molar refractivity (Wildman–Crippen MR) is 72.7 cm³/mol. The van der Waals surface area contributed by atoms with Crippen LogP contribution in [0, 0.1) is 5.92 Å². The van der Waals surface area contributed by atoms with Crippen LogP contribution in [0.2, 0.25) is 0 Å². The minimum atomic E-state index is 0.0608. The van der Waals surface area contributed by atoms with E-state index >= 15 is 0 Å². The van der Waals surface area contributed by atoms with E-state index in [-0.39, 0.29) is 5.91 Å². The van der Waals surface area contributed by atoms with E-state index in [4.69, 9.17) is 0 Å². The molecule has 0 aromatic carbocycles. The molecule has 1 saturated heterocycles. The van der Waals surface area contributed by atoms with Crippen LogP contribution in [0.5, 0.6) is 0 Å². The molecule has 0 aliphatic carbocycles. The maximum absolute atomic E-state index is 12.3. The van der Waals surface area contributed by atoms with Gasteiger partial charge in [0.25, 0.3) is 5.91 Å². The molecule has 0 radical (unpaired) electrons. The topological polar surface area (TPSA) is 45.2 Å². The summed E-state index contributed by atoms with van der Waals surface area (Å²) in [6, 6.07) is 3.68. The van der Waals surface area contributed by atoms with E-state index < -0.39 is 0 Å². The number of carbonyl (C=O) groups excluding carboxylic acids is 1. The summed E-state index contributed by atoms with van der Waals surface area (Å²) >= 11 is 0. The van der Waals surface area contributed by atoms with E-state index in [1.807, 2.05) is 24.1 Å². The van der Waals surface area contributed by atoms with Crippen molar-refractivity contribution in [2.24, 2.45) is 5.92 Å². The van der Waals surface area contributed by atoms with E-state index in [0.717, 1.165) is 25.2 Å². The second-order valence-electron chi connectivity index (χ2n) is 4.87. The van der Waals surface area contributed by atoms with E-state index in [1.165, 1.54) is 12.8 Å². The quantitative estimate of drug-likeness (QED) is 0.888. The molecule has 1 N–H and O–H groups in total. The van der Waals surface area contributed by atoms with Gasteiger partial charge in [-0.2, -0.15) is 0 Å². The van der Waals surface area contributed by atoms with Gasteiger partial charge in [-0.05, 0) is 30.9 Å². The number of hydrogen-bond donors (Lipinski definition) is 1. The highest BCUT2D eigenvalue weighted by Crippen LogP contribution is 2.22. The summed E-state index contributed by atoms with van der Waals surface area (Å²) in [6.07, 6.45) is 5.22. The van der Waals surface area contributed by atoms with Crippen molar-refractivity contribution in [3.63, 3.8) is 0 Å². The highest BCUT2D eigenvalue weighted by molar-refractivity contribution is 5.93. The number of pyridine rings is 1. The molecule has 4 nitrogen and oxygen atoms in total. The third-order valence-electron chi connectivity index (χ3n) is 3.54. The molecule has 0 saturated carbocycles. The molecular formula is C14H21N3O. The molecule has 0 spiro atoms. The molecule has 1 atom stereocenters. The lowest BCUT2D eigenvalue weighted by Crippen LogP contribution is -2.29. The summed E-state index contributed by atoms with van der Waals surface area (Å²) in [4.78, 5) is 18.4. The molecule has 18 heavy (non-hydrogen) atoms. The van der Waals surface area contributed by atoms with Gasteiger partial charge in [0.2, 0.25) is 0 Å². The zero-order valence-electron chi connectivity index (χ0n) is 11.1. The molecule has 2 rings (SSSR count). The number of nitrogens with zero attached hydrogens (tertiary/aromatic N) is 2. The molecular weight excluding hydrogens is 226 g/mol. The molecule has 2 heterocycles. The minimum Gasteiger partial charge on any atom is -0.388 e. The summed E-state index contributed by atoms with van der Waals surface area (Å²) in [5.41, 5.74) is 1.47. The van der Waals surface area contributed by atoms with Crippen molar-refractivity contribution in [3.8, 4) is 0 Å². The molecule has 0 bridgehead atoms. The van der Waals surface area contributed by atoms with Crippen LogP contribution in [0.3, 0.4) is 0 Å². The third kappa shape index (κ3) is 2.81. The number of carbonyl (C=O) groups is 1. The van der Waals surface area contributed by atoms with Crippen molar-refractivity contribution in [1.82, 2.24) is 9.88 Å². The Morgan fingerprint density at radius 1 is 1.61 bits per heavy atom. The number of rotatable bonds is 4. The fourth-order valence-electron chi connectivity index (χ4n) is 2.53. The number of aromatic nitrogens is 1. The summed E-state index contributed by atoms with van der Waals surface area (Å²) in [5.74, 6) is 0.733. The first-order valence-corrected chi connectivity index (χ1v) is 6.67. The van der Waals surface area contributed by atoms with Crippen molar-refractivity contribution in [1.29, 1.82) is 0 Å². The average Bonchev–Trinajstić information content (AvgIpc) is 2.87. The van der Waals surface area contributed by atoms with Gasteiger partial charge in [0, 0.05) is 32.0 Å². The van der Waals surface area contributed by atoms with E-state index in [0.29, 0.717) is 11.6 Å². The molecule has 4 heteroatoms. The molecule has 1 fully saturated rings. The lowest BCUT2D eigenvalue weighted by molar-refractivity contribution is 0.0781. The van der Waals surface area contributed by atoms with Gasteiger partial charge >= 0.3 is 0 Å². The van der Waals surface area contributed by atoms with Crippen LogP contribution in [0.1, 0.15) is 36.7 Å². The monoisotopic (exact) mass is 247 g/mol. The summed E-state index contributed by atoms with van der Waals surface area (Å²) in [6.45, 7) is 3.95. The number of anilines is 1. The van der Waals surface area contributed by atoms with Gasteiger partial charge in [0.15, 0.2) is 0 Å². The predicted octanol–water partition coefficient (Wildman–Crippen LogP) is 2.39. The largest absolute Gasteiger partial charge is 0.388 e. The first-order chi connectivity index (χ1) is 8.74. The molecule has 98 valence electrons. The van der Waals surface area contributed by atoms with Crippen molar-refractivity contribution in [2.75, 3.05) is 25.5 Å². The van der Waals surface area contributed by atoms with Crippen LogP contribution < -0.4 is 5.32 Å². The first-order valence-electron chi connectivity index (χ1n) is 6.67. The molecule has 1 aromatic rings. The average molecular weight is 247 g/mol. The van der Waals surface area contributed by atoms with Crippen LogP contribution in [-0.2, 0) is 0 Å². The second kappa shape index (κ2) is 5.85. The van der Waals surface area contributed by atoms with Crippen molar-refractivity contribution >= 4 is 11.6 Å². The van der Waals surface area contributed by atoms with Gasteiger partial charge in [0.1, 0.15) is 5.69 Å². The number of hydrogen-bond acceptors (Lipinski definition) is 3. The van der Waals surface area contributed by atoms with Crippen LogP contribution in [0.25, 0.3) is 0 Å². The summed E-state index contributed by atoms with van der Waals surface area (Å²) < 4.78 is 0. The van der Waals surface area contributed by atoms with Crippen molar-refractivity contribution in [2.45, 2.75) is 26.2 Å². The Labute approximate surface area is 108 Å². The Kier molecular flexibility index (Phi) is 4.18. The molecule has 1 aromatic heterocycles. The normalized spacial score (nSPS) is 19.0. The lowest BCUT2D eigenvalue weighted by atomic mass is 10.0. The second-order valence-corrected chi connectivity index (χ2v) is 4.87. The number of amides is 1. The smallest absolute Gasteiger partial charge is 0.272 e. The van der Waals surface area contributed by atoms with E-state index in [1.54, 1.807) is 6.20 Å². The van der Waals surface area contributed by atoms with Crippen molar-refractivity contribution in [3.05, 3.63) is 24.0 Å². The molecule has 1 aliphatic heterocycles. The van der Waals surface area contributed by atoms with Crippen LogP contribution in [0.15, 0.2) is 18.3 Å². The maximum Gasteiger partial charge on any atom is 0.272 e. The fourth-order valence-corrected chi connectivity index (χ4v) is 2.53. The Morgan fingerprint density at radius 2 is 2.44 bits per heavy atom. The summed E-state index contributed by atoms with van der Waals surface area (Å²) in [5, 5.41) is 3.03. The SMILES string of the molecule is CCCC1CCN(C(=O)c2cc(NC)ccn2)C1. The lowest BCUT2D eigenvalue weighted by Gasteiger charge is -2.16. The van der Waals surface area contributed by atoms with E-state index in [9.17, 15) is 4.79 Å². The fraction of sp³-hybridized carbons (Fsp3) is 0.571. The summed E-state index contributed by atoms with van der Waals surface area (Å²) in [7, 11) is 1.84. The Morgan fingerprint density at radius 3 is 3.17 bits per heavy atom. The standard InChI is InChI=1S/C14H21N3O/c1-3-4-11-6-8-17(10-11)14(18)13-9-12(15-2)5-7-16-13/h5,7,9,11H,3-4,6,8,10H2,1-2H3,(H,15,16). The zero-order chi connectivity index (χ0) is 13.0. The minimum absolute atomic E-state index is 0.0608. The molecule has 1 unspecified atom stereocenters. The third-order valence-corrected chi connectivity index (χ3v) is 3.54. The van der Waals surface area contributed by atoms with Crippen LogP contribution in [-0.4, -0.2) is 35.9 Å². The first kappa shape index (κ1) is 12.9. The number of nitrogens with one attached hydrogen (secondary N) is 1. The van der Waals surface area contributed by atoms with Gasteiger partial charge in [-0.15, -0.1) is 0 Å². The molecule has 1 aliphatic rings. The van der Waals surface area contributed by atoms with Crippen LogP contribution >= 0.6 is 0 Å². The number of likely N-dealkylation sites (tertiary alicyclic amines) is 1. The van der Waals surface area contributed by atoms with Gasteiger partial charge in [-0.1, -0.05) is 13.3 Å². The Hall–Kier alpha value is -1.58. The maximum atomic E-state index is 12.3.